The number of aromatic nitrogens is 1. The van der Waals surface area contributed by atoms with Crippen molar-refractivity contribution in [2.45, 2.75) is 6.92 Å². The largest absolute Gasteiger partial charge is 0.465 e. The van der Waals surface area contributed by atoms with Crippen LogP contribution in [0.5, 0.6) is 0 Å². The molecule has 0 amide bonds. The predicted molar refractivity (Wildman–Crippen MR) is 98.9 cm³/mol. The van der Waals surface area contributed by atoms with Crippen molar-refractivity contribution in [1.29, 1.82) is 0 Å². The van der Waals surface area contributed by atoms with E-state index in [1.54, 1.807) is 25.1 Å². The van der Waals surface area contributed by atoms with Gasteiger partial charge < -0.3 is 9.47 Å². The first-order valence-electron chi connectivity index (χ1n) is 8.35. The highest BCUT2D eigenvalue weighted by molar-refractivity contribution is 6.15. The van der Waals surface area contributed by atoms with E-state index < -0.39 is 11.9 Å². The lowest BCUT2D eigenvalue weighted by Gasteiger charge is -2.10. The number of para-hydroxylation sites is 1. The van der Waals surface area contributed by atoms with Gasteiger partial charge in [-0.2, -0.15) is 0 Å². The summed E-state index contributed by atoms with van der Waals surface area (Å²) in [5, 5.41) is 0.736. The van der Waals surface area contributed by atoms with Gasteiger partial charge >= 0.3 is 11.9 Å². The SMILES string of the molecule is CCOC(=O)c1nc2ccccc2cc1C(=O)c1ccc(C(=O)OC)cc1. The third-order valence-corrected chi connectivity index (χ3v) is 4.01. The fourth-order valence-electron chi connectivity index (χ4n) is 2.68. The first-order chi connectivity index (χ1) is 13.0. The summed E-state index contributed by atoms with van der Waals surface area (Å²) in [5.41, 5.74) is 1.37. The average Bonchev–Trinajstić information content (AvgIpc) is 2.72. The summed E-state index contributed by atoms with van der Waals surface area (Å²) in [4.78, 5) is 41.2. The zero-order valence-corrected chi connectivity index (χ0v) is 14.9. The third kappa shape index (κ3) is 3.69. The molecule has 0 saturated carbocycles. The van der Waals surface area contributed by atoms with Crippen molar-refractivity contribution in [1.82, 2.24) is 4.98 Å². The van der Waals surface area contributed by atoms with Gasteiger partial charge in [-0.1, -0.05) is 30.3 Å². The molecule has 0 saturated heterocycles. The smallest absolute Gasteiger partial charge is 0.357 e. The van der Waals surface area contributed by atoms with Crippen LogP contribution < -0.4 is 0 Å². The Morgan fingerprint density at radius 2 is 1.59 bits per heavy atom. The van der Waals surface area contributed by atoms with Crippen LogP contribution in [0.4, 0.5) is 0 Å². The molecule has 0 bridgehead atoms. The number of pyridine rings is 1. The van der Waals surface area contributed by atoms with Gasteiger partial charge in [0.05, 0.1) is 30.4 Å². The Morgan fingerprint density at radius 1 is 0.926 bits per heavy atom. The summed E-state index contributed by atoms with van der Waals surface area (Å²) in [6, 6.07) is 14.9. The minimum Gasteiger partial charge on any atom is -0.465 e. The van der Waals surface area contributed by atoms with Crippen LogP contribution in [0.25, 0.3) is 10.9 Å². The molecule has 6 heteroatoms. The van der Waals surface area contributed by atoms with Crippen LogP contribution in [0.1, 0.15) is 43.7 Å². The van der Waals surface area contributed by atoms with Crippen molar-refractivity contribution < 1.29 is 23.9 Å². The molecule has 0 spiro atoms. The number of rotatable bonds is 5. The number of carbonyl (C=O) groups is 3. The summed E-state index contributed by atoms with van der Waals surface area (Å²) in [5.74, 6) is -1.53. The number of ether oxygens (including phenoxy) is 2. The molecular weight excluding hydrogens is 346 g/mol. The minimum atomic E-state index is -0.655. The predicted octanol–water partition coefficient (Wildman–Crippen LogP) is 3.43. The van der Waals surface area contributed by atoms with Gasteiger partial charge in [0.25, 0.3) is 0 Å². The summed E-state index contributed by atoms with van der Waals surface area (Å²) in [6.45, 7) is 1.86. The summed E-state index contributed by atoms with van der Waals surface area (Å²) < 4.78 is 9.71. The van der Waals surface area contributed by atoms with Gasteiger partial charge in [0.1, 0.15) is 0 Å². The number of fused-ring (bicyclic) bond motifs is 1. The Hall–Kier alpha value is -3.54. The van der Waals surface area contributed by atoms with Gasteiger partial charge in [0, 0.05) is 10.9 Å². The number of ketones is 1. The molecule has 2 aromatic carbocycles. The highest BCUT2D eigenvalue weighted by Gasteiger charge is 2.22. The highest BCUT2D eigenvalue weighted by Crippen LogP contribution is 2.21. The molecule has 6 nitrogen and oxygen atoms in total. The molecule has 0 aliphatic heterocycles. The average molecular weight is 363 g/mol. The second-order valence-corrected chi connectivity index (χ2v) is 5.70. The summed E-state index contributed by atoms with van der Waals surface area (Å²) in [6.07, 6.45) is 0. The second-order valence-electron chi connectivity index (χ2n) is 5.70. The quantitative estimate of drug-likeness (QED) is 0.510. The topological polar surface area (TPSA) is 82.6 Å². The fourth-order valence-corrected chi connectivity index (χ4v) is 2.68. The van der Waals surface area contributed by atoms with Gasteiger partial charge in [0.2, 0.25) is 0 Å². The zero-order valence-electron chi connectivity index (χ0n) is 14.9. The van der Waals surface area contributed by atoms with Crippen molar-refractivity contribution in [3.05, 3.63) is 77.0 Å². The van der Waals surface area contributed by atoms with Crippen LogP contribution in [-0.2, 0) is 9.47 Å². The van der Waals surface area contributed by atoms with Crippen molar-refractivity contribution in [2.75, 3.05) is 13.7 Å². The molecule has 0 radical (unpaired) electrons. The molecule has 0 N–H and O–H groups in total. The zero-order chi connectivity index (χ0) is 19.4. The van der Waals surface area contributed by atoms with Gasteiger partial charge in [-0.05, 0) is 31.2 Å². The number of hydrogen-bond acceptors (Lipinski definition) is 6. The van der Waals surface area contributed by atoms with Gasteiger partial charge in [0.15, 0.2) is 11.5 Å². The van der Waals surface area contributed by atoms with Crippen LogP contribution in [0.2, 0.25) is 0 Å². The summed E-state index contributed by atoms with van der Waals surface area (Å²) in [7, 11) is 1.29. The van der Waals surface area contributed by atoms with E-state index in [9.17, 15) is 14.4 Å². The van der Waals surface area contributed by atoms with Crippen molar-refractivity contribution in [3.63, 3.8) is 0 Å². The normalized spacial score (nSPS) is 10.4. The molecule has 3 aromatic rings. The molecule has 136 valence electrons. The van der Waals surface area contributed by atoms with Crippen LogP contribution in [0.15, 0.2) is 54.6 Å². The number of nitrogens with zero attached hydrogens (tertiary/aromatic N) is 1. The Kier molecular flexibility index (Phi) is 5.26. The van der Waals surface area contributed by atoms with E-state index in [1.807, 2.05) is 12.1 Å². The van der Waals surface area contributed by atoms with Crippen LogP contribution in [-0.4, -0.2) is 36.4 Å². The van der Waals surface area contributed by atoms with E-state index in [-0.39, 0.29) is 23.6 Å². The van der Waals surface area contributed by atoms with E-state index in [0.29, 0.717) is 16.6 Å². The van der Waals surface area contributed by atoms with Crippen LogP contribution >= 0.6 is 0 Å². The van der Waals surface area contributed by atoms with E-state index >= 15 is 0 Å². The molecule has 3 rings (SSSR count). The molecule has 27 heavy (non-hydrogen) atoms. The Bertz CT molecular complexity index is 1020. The van der Waals surface area contributed by atoms with Crippen molar-refractivity contribution >= 4 is 28.6 Å². The fraction of sp³-hybridized carbons (Fsp3) is 0.143. The van der Waals surface area contributed by atoms with E-state index in [0.717, 1.165) is 5.39 Å². The maximum Gasteiger partial charge on any atom is 0.357 e. The lowest BCUT2D eigenvalue weighted by molar-refractivity contribution is 0.0516. The molecule has 1 heterocycles. The molecule has 0 aliphatic carbocycles. The second kappa shape index (κ2) is 7.78. The molecule has 0 unspecified atom stereocenters. The molecule has 0 fully saturated rings. The van der Waals surface area contributed by atoms with E-state index in [4.69, 9.17) is 4.74 Å². The number of esters is 2. The number of carbonyl (C=O) groups excluding carboxylic acids is 3. The van der Waals surface area contributed by atoms with E-state index in [2.05, 4.69) is 9.72 Å². The lowest BCUT2D eigenvalue weighted by atomic mass is 9.99. The Labute approximate surface area is 155 Å². The Morgan fingerprint density at radius 3 is 2.26 bits per heavy atom. The van der Waals surface area contributed by atoms with Crippen LogP contribution in [0.3, 0.4) is 0 Å². The van der Waals surface area contributed by atoms with E-state index in [1.165, 1.54) is 31.4 Å². The lowest BCUT2D eigenvalue weighted by Crippen LogP contribution is -2.15. The third-order valence-electron chi connectivity index (χ3n) is 4.01. The highest BCUT2D eigenvalue weighted by atomic mass is 16.5. The van der Waals surface area contributed by atoms with Gasteiger partial charge in [-0.3, -0.25) is 4.79 Å². The summed E-state index contributed by atoms with van der Waals surface area (Å²) >= 11 is 0. The molecular formula is C21H17NO5. The minimum absolute atomic E-state index is 0.0300. The first kappa shape index (κ1) is 18.3. The monoisotopic (exact) mass is 363 g/mol. The number of methoxy groups -OCH3 is 1. The van der Waals surface area contributed by atoms with Crippen molar-refractivity contribution in [3.8, 4) is 0 Å². The van der Waals surface area contributed by atoms with Gasteiger partial charge in [-0.25, -0.2) is 14.6 Å². The molecule has 1 aromatic heterocycles. The van der Waals surface area contributed by atoms with Crippen molar-refractivity contribution in [2.24, 2.45) is 0 Å². The Balaban J connectivity index is 2.08. The first-order valence-corrected chi connectivity index (χ1v) is 8.35. The molecule has 0 aliphatic rings. The maximum atomic E-state index is 13.0. The number of hydrogen-bond donors (Lipinski definition) is 0. The van der Waals surface area contributed by atoms with Gasteiger partial charge in [-0.15, -0.1) is 0 Å². The van der Waals surface area contributed by atoms with Crippen LogP contribution in [0, 0.1) is 0 Å². The number of benzene rings is 2. The standard InChI is InChI=1S/C21H17NO5/c1-3-27-21(25)18-16(12-15-6-4-5-7-17(15)22-18)19(23)13-8-10-14(11-9-13)20(24)26-2/h4-12H,3H2,1-2H3. The molecule has 0 atom stereocenters. The maximum absolute atomic E-state index is 13.0.